The average molecular weight is 393 g/mol. The molecule has 0 fully saturated rings. The summed E-state index contributed by atoms with van der Waals surface area (Å²) in [5, 5.41) is 2.55. The Balaban J connectivity index is 1.54. The van der Waals surface area contributed by atoms with Crippen molar-refractivity contribution in [3.8, 4) is 0 Å². The van der Waals surface area contributed by atoms with Gasteiger partial charge in [0.15, 0.2) is 0 Å². The second-order valence-corrected chi connectivity index (χ2v) is 7.31. The Kier molecular flexibility index (Phi) is 8.25. The Morgan fingerprint density at radius 2 is 1.67 bits per heavy atom. The highest BCUT2D eigenvalue weighted by Gasteiger charge is 2.14. The molecule has 7 nitrogen and oxygen atoms in total. The minimum Gasteiger partial charge on any atom is -0.445 e. The van der Waals surface area contributed by atoms with Gasteiger partial charge in [0.05, 0.1) is 24.7 Å². The summed E-state index contributed by atoms with van der Waals surface area (Å²) in [6, 6.07) is 15.7. The van der Waals surface area contributed by atoms with E-state index in [4.69, 9.17) is 13.7 Å². The van der Waals surface area contributed by atoms with E-state index in [-0.39, 0.29) is 37.9 Å². The van der Waals surface area contributed by atoms with Crippen molar-refractivity contribution < 1.29 is 26.9 Å². The maximum Gasteiger partial charge on any atom is 0.407 e. The van der Waals surface area contributed by atoms with Gasteiger partial charge in [0.2, 0.25) is 0 Å². The van der Waals surface area contributed by atoms with E-state index in [1.807, 2.05) is 37.3 Å². The molecule has 2 aromatic rings. The zero-order valence-electron chi connectivity index (χ0n) is 15.1. The molecule has 1 amide bonds. The number of hydrogen-bond donors (Lipinski definition) is 1. The third-order valence-corrected chi connectivity index (χ3v) is 4.83. The number of aryl methyl sites for hydroxylation is 1. The third kappa shape index (κ3) is 7.78. The van der Waals surface area contributed by atoms with E-state index in [0.717, 1.165) is 11.1 Å². The van der Waals surface area contributed by atoms with E-state index in [9.17, 15) is 13.2 Å². The number of amides is 1. The fourth-order valence-corrected chi connectivity index (χ4v) is 2.97. The van der Waals surface area contributed by atoms with Crippen molar-refractivity contribution in [3.63, 3.8) is 0 Å². The molecule has 0 heterocycles. The SMILES string of the molecule is Cc1ccc(S(=O)(=O)OCCOCCNC(=O)OCc2ccccc2)cc1. The van der Waals surface area contributed by atoms with Crippen molar-refractivity contribution in [2.24, 2.45) is 0 Å². The summed E-state index contributed by atoms with van der Waals surface area (Å²) >= 11 is 0. The van der Waals surface area contributed by atoms with E-state index >= 15 is 0 Å². The lowest BCUT2D eigenvalue weighted by atomic mass is 10.2. The molecule has 0 saturated carbocycles. The van der Waals surface area contributed by atoms with Gasteiger partial charge >= 0.3 is 6.09 Å². The minimum atomic E-state index is -3.79. The van der Waals surface area contributed by atoms with Crippen LogP contribution in [0.2, 0.25) is 0 Å². The molecule has 8 heteroatoms. The lowest BCUT2D eigenvalue weighted by Crippen LogP contribution is -2.28. The standard InChI is InChI=1S/C19H23NO6S/c1-16-7-9-18(10-8-16)27(22,23)26-14-13-24-12-11-20-19(21)25-15-17-5-3-2-4-6-17/h2-10H,11-15H2,1H3,(H,20,21). The Hall–Kier alpha value is -2.42. The predicted molar refractivity (Wildman–Crippen MR) is 99.8 cm³/mol. The van der Waals surface area contributed by atoms with E-state index in [1.54, 1.807) is 12.1 Å². The van der Waals surface area contributed by atoms with Crippen molar-refractivity contribution in [2.45, 2.75) is 18.4 Å². The summed E-state index contributed by atoms with van der Waals surface area (Å²) in [5.41, 5.74) is 1.86. The topological polar surface area (TPSA) is 90.9 Å². The summed E-state index contributed by atoms with van der Waals surface area (Å²) in [7, 11) is -3.79. The number of rotatable bonds is 10. The summed E-state index contributed by atoms with van der Waals surface area (Å²) in [6.07, 6.45) is -0.541. The molecule has 0 bridgehead atoms. The van der Waals surface area contributed by atoms with Crippen LogP contribution in [-0.2, 0) is 30.4 Å². The molecular formula is C19H23NO6S. The quantitative estimate of drug-likeness (QED) is 0.493. The summed E-state index contributed by atoms with van der Waals surface area (Å²) in [6.45, 7) is 2.52. The molecule has 0 aliphatic carbocycles. The molecule has 0 aliphatic rings. The molecule has 27 heavy (non-hydrogen) atoms. The molecule has 2 rings (SSSR count). The van der Waals surface area contributed by atoms with Crippen LogP contribution >= 0.6 is 0 Å². The molecule has 0 aliphatic heterocycles. The number of alkyl carbamates (subject to hydrolysis) is 1. The molecule has 146 valence electrons. The summed E-state index contributed by atoms with van der Waals surface area (Å²) in [5.74, 6) is 0. The van der Waals surface area contributed by atoms with Gasteiger partial charge in [-0.1, -0.05) is 48.0 Å². The molecule has 0 atom stereocenters. The molecule has 1 N–H and O–H groups in total. The highest BCUT2D eigenvalue weighted by atomic mass is 32.2. The monoisotopic (exact) mass is 393 g/mol. The molecule has 0 unspecified atom stereocenters. The number of carbonyl (C=O) groups is 1. The zero-order valence-corrected chi connectivity index (χ0v) is 15.9. The maximum absolute atomic E-state index is 12.0. The van der Waals surface area contributed by atoms with Crippen molar-refractivity contribution in [3.05, 3.63) is 65.7 Å². The van der Waals surface area contributed by atoms with Crippen LogP contribution in [0.25, 0.3) is 0 Å². The lowest BCUT2D eigenvalue weighted by molar-refractivity contribution is 0.0983. The van der Waals surface area contributed by atoms with Crippen molar-refractivity contribution >= 4 is 16.2 Å². The molecule has 0 aromatic heterocycles. The smallest absolute Gasteiger partial charge is 0.407 e. The van der Waals surface area contributed by atoms with Gasteiger partial charge in [-0.3, -0.25) is 4.18 Å². The second kappa shape index (κ2) is 10.7. The number of carbonyl (C=O) groups excluding carboxylic acids is 1. The van der Waals surface area contributed by atoms with E-state index in [2.05, 4.69) is 5.32 Å². The van der Waals surface area contributed by atoms with Crippen LogP contribution in [0.5, 0.6) is 0 Å². The van der Waals surface area contributed by atoms with Crippen molar-refractivity contribution in [2.75, 3.05) is 26.4 Å². The second-order valence-electron chi connectivity index (χ2n) is 5.69. The van der Waals surface area contributed by atoms with Gasteiger partial charge in [-0.15, -0.1) is 0 Å². The first-order valence-electron chi connectivity index (χ1n) is 8.46. The summed E-state index contributed by atoms with van der Waals surface area (Å²) < 4.78 is 39.1. The van der Waals surface area contributed by atoms with E-state index < -0.39 is 16.2 Å². The van der Waals surface area contributed by atoms with Gasteiger partial charge in [0, 0.05) is 6.54 Å². The first kappa shape index (κ1) is 20.9. The average Bonchev–Trinajstić information content (AvgIpc) is 2.66. The molecule has 0 spiro atoms. The van der Waals surface area contributed by atoms with Crippen molar-refractivity contribution in [1.82, 2.24) is 5.32 Å². The first-order valence-corrected chi connectivity index (χ1v) is 9.86. The van der Waals surface area contributed by atoms with Gasteiger partial charge in [-0.05, 0) is 24.6 Å². The van der Waals surface area contributed by atoms with Gasteiger partial charge in [-0.2, -0.15) is 8.42 Å². The Morgan fingerprint density at radius 1 is 0.963 bits per heavy atom. The Labute approximate surface area is 159 Å². The highest BCUT2D eigenvalue weighted by Crippen LogP contribution is 2.12. The third-order valence-electron chi connectivity index (χ3n) is 3.50. The summed E-state index contributed by atoms with van der Waals surface area (Å²) in [4.78, 5) is 11.6. The zero-order chi connectivity index (χ0) is 19.5. The van der Waals surface area contributed by atoms with E-state index in [1.165, 1.54) is 12.1 Å². The molecule has 2 aromatic carbocycles. The largest absolute Gasteiger partial charge is 0.445 e. The first-order chi connectivity index (χ1) is 13.0. The normalized spacial score (nSPS) is 11.1. The minimum absolute atomic E-state index is 0.0891. The molecular weight excluding hydrogens is 370 g/mol. The van der Waals surface area contributed by atoms with Gasteiger partial charge < -0.3 is 14.8 Å². The fraction of sp³-hybridized carbons (Fsp3) is 0.316. The van der Waals surface area contributed by atoms with Crippen molar-refractivity contribution in [1.29, 1.82) is 0 Å². The van der Waals surface area contributed by atoms with Gasteiger partial charge in [-0.25, -0.2) is 4.79 Å². The Bertz CT molecular complexity index is 806. The van der Waals surface area contributed by atoms with Crippen LogP contribution in [0.15, 0.2) is 59.5 Å². The van der Waals surface area contributed by atoms with E-state index in [0.29, 0.717) is 0 Å². The molecule has 0 saturated heterocycles. The maximum atomic E-state index is 12.0. The Morgan fingerprint density at radius 3 is 2.37 bits per heavy atom. The number of nitrogens with one attached hydrogen (secondary N) is 1. The van der Waals surface area contributed by atoms with Crippen LogP contribution in [0.3, 0.4) is 0 Å². The lowest BCUT2D eigenvalue weighted by Gasteiger charge is -2.08. The number of ether oxygens (including phenoxy) is 2. The van der Waals surface area contributed by atoms with Gasteiger partial charge in [0.25, 0.3) is 10.1 Å². The van der Waals surface area contributed by atoms with Crippen LogP contribution in [0.1, 0.15) is 11.1 Å². The van der Waals surface area contributed by atoms with Crippen LogP contribution in [0.4, 0.5) is 4.79 Å². The van der Waals surface area contributed by atoms with Crippen LogP contribution in [-0.4, -0.2) is 40.9 Å². The number of hydrogen-bond acceptors (Lipinski definition) is 6. The predicted octanol–water partition coefficient (Wildman–Crippen LogP) is 2.64. The van der Waals surface area contributed by atoms with Crippen LogP contribution in [0, 0.1) is 6.92 Å². The number of benzene rings is 2. The van der Waals surface area contributed by atoms with Crippen LogP contribution < -0.4 is 5.32 Å². The highest BCUT2D eigenvalue weighted by molar-refractivity contribution is 7.86. The van der Waals surface area contributed by atoms with Gasteiger partial charge in [0.1, 0.15) is 6.61 Å². The molecule has 0 radical (unpaired) electrons. The fourth-order valence-electron chi connectivity index (χ4n) is 2.08.